The average molecular weight is 292 g/mol. The summed E-state index contributed by atoms with van der Waals surface area (Å²) in [5, 5.41) is 10.5. The Kier molecular flexibility index (Phi) is 3.82. The number of aliphatic hydroxyl groups is 1. The molecule has 1 aromatic heterocycles. The van der Waals surface area contributed by atoms with Gasteiger partial charge in [-0.3, -0.25) is 0 Å². The standard InChI is InChI=1S/C15H16O2S2/c1-17-12-4-2-3-10(7-12)15(16)14-8-11-9-18-6-5-13(11)19-14/h2-4,7-8,15-16H,5-6,9H2,1H3. The molecule has 0 amide bonds. The number of hydrogen-bond acceptors (Lipinski definition) is 4. The van der Waals surface area contributed by atoms with E-state index in [1.54, 1.807) is 18.4 Å². The molecule has 0 saturated carbocycles. The molecule has 1 atom stereocenters. The van der Waals surface area contributed by atoms with Gasteiger partial charge in [0.05, 0.1) is 7.11 Å². The topological polar surface area (TPSA) is 29.5 Å². The molecule has 0 saturated heterocycles. The number of methoxy groups -OCH3 is 1. The molecule has 1 aromatic carbocycles. The van der Waals surface area contributed by atoms with Crippen LogP contribution in [0, 0.1) is 0 Å². The molecule has 2 aromatic rings. The minimum atomic E-state index is -0.546. The summed E-state index contributed by atoms with van der Waals surface area (Å²) in [6.07, 6.45) is 0.589. The highest BCUT2D eigenvalue weighted by atomic mass is 32.2. The number of rotatable bonds is 3. The van der Waals surface area contributed by atoms with Gasteiger partial charge in [0.25, 0.3) is 0 Å². The van der Waals surface area contributed by atoms with Crippen molar-refractivity contribution in [3.8, 4) is 5.75 Å². The Morgan fingerprint density at radius 2 is 2.21 bits per heavy atom. The molecule has 0 aliphatic carbocycles. The third-order valence-corrected chi connectivity index (χ3v) is 5.62. The number of aliphatic hydroxyl groups excluding tert-OH is 1. The van der Waals surface area contributed by atoms with Gasteiger partial charge in [0.2, 0.25) is 0 Å². The molecule has 1 aliphatic heterocycles. The van der Waals surface area contributed by atoms with Gasteiger partial charge in [-0.05, 0) is 41.5 Å². The van der Waals surface area contributed by atoms with Crippen LogP contribution >= 0.6 is 23.1 Å². The van der Waals surface area contributed by atoms with E-state index in [9.17, 15) is 5.11 Å². The Morgan fingerprint density at radius 3 is 3.00 bits per heavy atom. The highest BCUT2D eigenvalue weighted by Gasteiger charge is 2.19. The van der Waals surface area contributed by atoms with Crippen LogP contribution in [-0.2, 0) is 12.2 Å². The maximum absolute atomic E-state index is 10.5. The van der Waals surface area contributed by atoms with E-state index in [0.29, 0.717) is 0 Å². The third-order valence-electron chi connectivity index (χ3n) is 3.33. The zero-order valence-electron chi connectivity index (χ0n) is 10.8. The van der Waals surface area contributed by atoms with E-state index in [1.165, 1.54) is 16.2 Å². The molecule has 1 N–H and O–H groups in total. The lowest BCUT2D eigenvalue weighted by Crippen LogP contribution is -1.97. The normalized spacial score (nSPS) is 15.9. The van der Waals surface area contributed by atoms with Crippen molar-refractivity contribution < 1.29 is 9.84 Å². The van der Waals surface area contributed by atoms with E-state index in [4.69, 9.17) is 4.74 Å². The van der Waals surface area contributed by atoms with Crippen LogP contribution in [0.15, 0.2) is 30.3 Å². The minimum Gasteiger partial charge on any atom is -0.497 e. The van der Waals surface area contributed by atoms with Crippen molar-refractivity contribution in [1.29, 1.82) is 0 Å². The summed E-state index contributed by atoms with van der Waals surface area (Å²) < 4.78 is 5.21. The van der Waals surface area contributed by atoms with Crippen LogP contribution in [0.3, 0.4) is 0 Å². The van der Waals surface area contributed by atoms with Crippen LogP contribution in [0.5, 0.6) is 5.75 Å². The molecular formula is C15H16O2S2. The molecule has 0 radical (unpaired) electrons. The highest BCUT2D eigenvalue weighted by Crippen LogP contribution is 2.36. The Morgan fingerprint density at radius 1 is 1.32 bits per heavy atom. The summed E-state index contributed by atoms with van der Waals surface area (Å²) in [6, 6.07) is 9.82. The van der Waals surface area contributed by atoms with Crippen molar-refractivity contribution in [2.24, 2.45) is 0 Å². The molecule has 0 spiro atoms. The molecule has 1 unspecified atom stereocenters. The maximum atomic E-state index is 10.5. The van der Waals surface area contributed by atoms with Gasteiger partial charge in [0.1, 0.15) is 11.9 Å². The van der Waals surface area contributed by atoms with Gasteiger partial charge in [-0.1, -0.05) is 12.1 Å². The van der Waals surface area contributed by atoms with Crippen molar-refractivity contribution in [3.05, 3.63) is 51.2 Å². The van der Waals surface area contributed by atoms with Gasteiger partial charge >= 0.3 is 0 Å². The fraction of sp³-hybridized carbons (Fsp3) is 0.333. The van der Waals surface area contributed by atoms with Crippen molar-refractivity contribution in [3.63, 3.8) is 0 Å². The SMILES string of the molecule is COc1cccc(C(O)c2cc3c(s2)CCSC3)c1. The first-order chi connectivity index (χ1) is 9.28. The number of benzene rings is 1. The predicted molar refractivity (Wildman–Crippen MR) is 81.2 cm³/mol. The molecule has 100 valence electrons. The second-order valence-electron chi connectivity index (χ2n) is 4.58. The Labute approximate surface area is 121 Å². The summed E-state index contributed by atoms with van der Waals surface area (Å²) in [7, 11) is 1.65. The first-order valence-corrected chi connectivity index (χ1v) is 8.26. The zero-order valence-corrected chi connectivity index (χ0v) is 12.4. The van der Waals surface area contributed by atoms with Crippen LogP contribution < -0.4 is 4.74 Å². The molecule has 0 fully saturated rings. The van der Waals surface area contributed by atoms with Crippen molar-refractivity contribution in [2.75, 3.05) is 12.9 Å². The van der Waals surface area contributed by atoms with Gasteiger partial charge in [-0.25, -0.2) is 0 Å². The Hall–Kier alpha value is -0.970. The van der Waals surface area contributed by atoms with E-state index in [1.807, 2.05) is 36.0 Å². The fourth-order valence-corrected chi connectivity index (χ4v) is 4.67. The van der Waals surface area contributed by atoms with Crippen LogP contribution in [0.4, 0.5) is 0 Å². The van der Waals surface area contributed by atoms with E-state index in [0.717, 1.165) is 28.4 Å². The number of ether oxygens (including phenoxy) is 1. The van der Waals surface area contributed by atoms with E-state index < -0.39 is 6.10 Å². The summed E-state index contributed by atoms with van der Waals surface area (Å²) in [4.78, 5) is 2.48. The van der Waals surface area contributed by atoms with E-state index in [-0.39, 0.29) is 0 Å². The summed E-state index contributed by atoms with van der Waals surface area (Å²) >= 11 is 3.72. The van der Waals surface area contributed by atoms with Crippen molar-refractivity contribution in [2.45, 2.75) is 18.3 Å². The lowest BCUT2D eigenvalue weighted by atomic mass is 10.1. The molecule has 19 heavy (non-hydrogen) atoms. The second-order valence-corrected chi connectivity index (χ2v) is 6.85. The zero-order chi connectivity index (χ0) is 13.2. The summed E-state index contributed by atoms with van der Waals surface area (Å²) in [5.41, 5.74) is 2.30. The smallest absolute Gasteiger partial charge is 0.119 e. The quantitative estimate of drug-likeness (QED) is 0.937. The van der Waals surface area contributed by atoms with Gasteiger partial charge in [-0.2, -0.15) is 11.8 Å². The van der Waals surface area contributed by atoms with Crippen LogP contribution in [0.25, 0.3) is 0 Å². The molecule has 0 bridgehead atoms. The molecule has 2 nitrogen and oxygen atoms in total. The lowest BCUT2D eigenvalue weighted by Gasteiger charge is -2.10. The average Bonchev–Trinajstić information content (AvgIpc) is 2.90. The van der Waals surface area contributed by atoms with Crippen LogP contribution in [-0.4, -0.2) is 18.0 Å². The van der Waals surface area contributed by atoms with Gasteiger partial charge in [0.15, 0.2) is 0 Å². The number of hydrogen-bond donors (Lipinski definition) is 1. The van der Waals surface area contributed by atoms with Crippen LogP contribution in [0.1, 0.15) is 27.0 Å². The largest absolute Gasteiger partial charge is 0.497 e. The molecule has 3 rings (SSSR count). The lowest BCUT2D eigenvalue weighted by molar-refractivity contribution is 0.223. The van der Waals surface area contributed by atoms with Crippen LogP contribution in [0.2, 0.25) is 0 Å². The molecule has 4 heteroatoms. The van der Waals surface area contributed by atoms with Crippen molar-refractivity contribution >= 4 is 23.1 Å². The predicted octanol–water partition coefficient (Wildman–Crippen LogP) is 3.63. The number of fused-ring (bicyclic) bond motifs is 1. The van der Waals surface area contributed by atoms with Gasteiger partial charge < -0.3 is 9.84 Å². The van der Waals surface area contributed by atoms with E-state index in [2.05, 4.69) is 6.07 Å². The number of thiophene rings is 1. The summed E-state index contributed by atoms with van der Waals surface area (Å²) in [5.74, 6) is 3.06. The van der Waals surface area contributed by atoms with E-state index >= 15 is 0 Å². The Bertz CT molecular complexity index is 554. The maximum Gasteiger partial charge on any atom is 0.119 e. The number of thioether (sulfide) groups is 1. The molecule has 2 heterocycles. The second kappa shape index (κ2) is 5.57. The first kappa shape index (κ1) is 13.0. The fourth-order valence-electron chi connectivity index (χ4n) is 2.28. The summed E-state index contributed by atoms with van der Waals surface area (Å²) in [6.45, 7) is 0. The molecule has 1 aliphatic rings. The Balaban J connectivity index is 1.90. The molecular weight excluding hydrogens is 276 g/mol. The third kappa shape index (κ3) is 2.66. The number of aryl methyl sites for hydroxylation is 1. The minimum absolute atomic E-state index is 0.546. The highest BCUT2D eigenvalue weighted by molar-refractivity contribution is 7.98. The van der Waals surface area contributed by atoms with Gasteiger partial charge in [0, 0.05) is 15.5 Å². The van der Waals surface area contributed by atoms with Gasteiger partial charge in [-0.15, -0.1) is 11.3 Å². The van der Waals surface area contributed by atoms with Crippen molar-refractivity contribution in [1.82, 2.24) is 0 Å². The first-order valence-electron chi connectivity index (χ1n) is 6.29. The monoisotopic (exact) mass is 292 g/mol.